The average molecular weight is 578 g/mol. The monoisotopic (exact) mass is 577 g/mol. The van der Waals surface area contributed by atoms with Crippen molar-refractivity contribution in [2.24, 2.45) is 4.99 Å². The number of nitrogens with zero attached hydrogens (tertiary/aromatic N) is 3. The maximum atomic E-state index is 12.7. The third kappa shape index (κ3) is 10.4. The summed E-state index contributed by atoms with van der Waals surface area (Å²) in [5, 5.41) is 7.80. The number of rotatable bonds is 14. The Labute approximate surface area is 233 Å². The van der Waals surface area contributed by atoms with Gasteiger partial charge in [0.25, 0.3) is 11.5 Å². The zero-order chi connectivity index (χ0) is 29.7. The summed E-state index contributed by atoms with van der Waals surface area (Å²) < 4.78 is 9.85. The van der Waals surface area contributed by atoms with Crippen molar-refractivity contribution < 1.29 is 33.4 Å². The van der Waals surface area contributed by atoms with Crippen molar-refractivity contribution in [3.8, 4) is 0 Å². The molecule has 15 nitrogen and oxygen atoms in total. The highest BCUT2D eigenvalue weighted by Crippen LogP contribution is 2.22. The number of hydrogen-bond acceptors (Lipinski definition) is 12. The third-order valence-electron chi connectivity index (χ3n) is 4.85. The largest absolute Gasteiger partial charge is 0.466 e. The number of aliphatic imine (C=N–C) groups is 1. The lowest BCUT2D eigenvalue weighted by Gasteiger charge is -2.16. The molecule has 0 aliphatic heterocycles. The first-order valence-electron chi connectivity index (χ1n) is 12.3. The number of carbonyl (C=O) groups is 5. The van der Waals surface area contributed by atoms with Gasteiger partial charge in [-0.2, -0.15) is 4.98 Å². The highest BCUT2D eigenvalue weighted by Gasteiger charge is 2.25. The summed E-state index contributed by atoms with van der Waals surface area (Å²) in [7, 11) is 0. The Morgan fingerprint density at radius 2 is 1.80 bits per heavy atom. The van der Waals surface area contributed by atoms with Crippen LogP contribution < -0.4 is 21.5 Å². The Morgan fingerprint density at radius 1 is 1.10 bits per heavy atom. The lowest BCUT2D eigenvalue weighted by molar-refractivity contribution is -0.147. The van der Waals surface area contributed by atoms with Crippen LogP contribution in [0.3, 0.4) is 0 Å². The first kappa shape index (κ1) is 31.7. The summed E-state index contributed by atoms with van der Waals surface area (Å²) in [6.07, 6.45) is 3.23. The normalized spacial score (nSPS) is 11.5. The smallest absolute Gasteiger partial charge is 0.328 e. The van der Waals surface area contributed by atoms with Gasteiger partial charge in [-0.25, -0.2) is 14.8 Å². The molecule has 0 radical (unpaired) electrons. The second kappa shape index (κ2) is 15.8. The zero-order valence-electron chi connectivity index (χ0n) is 22.5. The molecule has 0 fully saturated rings. The summed E-state index contributed by atoms with van der Waals surface area (Å²) in [6, 6.07) is -1.06. The van der Waals surface area contributed by atoms with Gasteiger partial charge < -0.3 is 20.1 Å². The van der Waals surface area contributed by atoms with Gasteiger partial charge in [-0.3, -0.25) is 34.3 Å². The number of hydrogen-bond donors (Lipinski definition) is 4. The molecular weight excluding hydrogens is 546 g/mol. The minimum Gasteiger partial charge on any atom is -0.466 e. The maximum Gasteiger partial charge on any atom is 0.328 e. The lowest BCUT2D eigenvalue weighted by atomic mass is 10.1. The van der Waals surface area contributed by atoms with Crippen LogP contribution in [0.4, 0.5) is 16.8 Å². The van der Waals surface area contributed by atoms with Crippen molar-refractivity contribution in [2.75, 3.05) is 23.8 Å². The fraction of sp³-hybridized carbons (Fsp3) is 0.458. The van der Waals surface area contributed by atoms with Gasteiger partial charge in [-0.05, 0) is 33.1 Å². The van der Waals surface area contributed by atoms with Crippen molar-refractivity contribution in [2.45, 2.75) is 59.4 Å². The summed E-state index contributed by atoms with van der Waals surface area (Å²) in [6.45, 7) is 6.11. The van der Waals surface area contributed by atoms with Crippen molar-refractivity contribution >= 4 is 64.0 Å². The summed E-state index contributed by atoms with van der Waals surface area (Å²) >= 11 is 0.967. The van der Waals surface area contributed by atoms with Crippen molar-refractivity contribution in [3.05, 3.63) is 27.1 Å². The zero-order valence-corrected chi connectivity index (χ0v) is 23.3. The van der Waals surface area contributed by atoms with Gasteiger partial charge in [0.1, 0.15) is 16.9 Å². The molecule has 2 aromatic rings. The van der Waals surface area contributed by atoms with Crippen LogP contribution in [0.1, 0.15) is 62.3 Å². The number of carbonyl (C=O) groups excluding carboxylic acids is 5. The number of aromatic nitrogens is 3. The van der Waals surface area contributed by atoms with E-state index >= 15 is 0 Å². The summed E-state index contributed by atoms with van der Waals surface area (Å²) in [5.74, 6) is -2.77. The van der Waals surface area contributed by atoms with Crippen LogP contribution in [0.2, 0.25) is 0 Å². The minimum absolute atomic E-state index is 0.0000471. The highest BCUT2D eigenvalue weighted by atomic mass is 32.1. The Morgan fingerprint density at radius 3 is 2.45 bits per heavy atom. The molecule has 0 unspecified atom stereocenters. The number of esters is 2. The fourth-order valence-electron chi connectivity index (χ4n) is 3.23. The van der Waals surface area contributed by atoms with Gasteiger partial charge in [-0.15, -0.1) is 0 Å². The van der Waals surface area contributed by atoms with Crippen LogP contribution in [-0.4, -0.2) is 70.1 Å². The average Bonchev–Trinajstić information content (AvgIpc) is 3.34. The van der Waals surface area contributed by atoms with E-state index in [4.69, 9.17) is 9.47 Å². The first-order valence-corrected chi connectivity index (χ1v) is 13.1. The van der Waals surface area contributed by atoms with Crippen LogP contribution in [0, 0.1) is 0 Å². The predicted molar refractivity (Wildman–Crippen MR) is 146 cm³/mol. The second-order valence-electron chi connectivity index (χ2n) is 8.08. The van der Waals surface area contributed by atoms with E-state index in [-0.39, 0.29) is 61.2 Å². The fourth-order valence-corrected chi connectivity index (χ4v) is 3.91. The molecule has 2 rings (SSSR count). The molecule has 0 aromatic carbocycles. The van der Waals surface area contributed by atoms with E-state index in [2.05, 4.69) is 35.9 Å². The van der Waals surface area contributed by atoms with Crippen LogP contribution >= 0.6 is 11.3 Å². The quantitative estimate of drug-likeness (QED) is 0.188. The van der Waals surface area contributed by atoms with E-state index in [0.717, 1.165) is 11.3 Å². The molecule has 0 saturated heterocycles. The summed E-state index contributed by atoms with van der Waals surface area (Å²) in [4.78, 5) is 86.7. The molecule has 0 saturated carbocycles. The summed E-state index contributed by atoms with van der Waals surface area (Å²) in [5.41, 5.74) is -0.347. The van der Waals surface area contributed by atoms with Gasteiger partial charge in [0.15, 0.2) is 5.01 Å². The van der Waals surface area contributed by atoms with E-state index in [1.807, 2.05) is 0 Å². The molecule has 0 aliphatic rings. The van der Waals surface area contributed by atoms with Crippen LogP contribution in [-0.2, 0) is 35.1 Å². The molecule has 0 aliphatic carbocycles. The van der Waals surface area contributed by atoms with Crippen LogP contribution in [0.15, 0.2) is 16.0 Å². The first-order chi connectivity index (χ1) is 19.0. The number of aromatic amines is 1. The molecule has 1 atom stereocenters. The number of ether oxygens (including phenoxy) is 2. The highest BCUT2D eigenvalue weighted by molar-refractivity contribution is 7.17. The Balaban J connectivity index is 2.05. The Kier molecular flexibility index (Phi) is 12.6. The van der Waals surface area contributed by atoms with Gasteiger partial charge in [-0.1, -0.05) is 11.3 Å². The number of thiazole rings is 1. The topological polar surface area (TPSA) is 211 Å². The van der Waals surface area contributed by atoms with Crippen molar-refractivity contribution in [1.29, 1.82) is 0 Å². The molecular formula is C24H31N7O8S. The van der Waals surface area contributed by atoms with E-state index in [9.17, 15) is 28.8 Å². The van der Waals surface area contributed by atoms with Crippen LogP contribution in [0.25, 0.3) is 0 Å². The number of anilines is 2. The Bertz CT molecular complexity index is 1320. The molecule has 216 valence electrons. The lowest BCUT2D eigenvalue weighted by Crippen LogP contribution is -2.42. The molecule has 4 N–H and O–H groups in total. The SMILES string of the molecule is CCOC(=O)CC[C@H](NC(=O)c1ncc(/N=C/CCc2c(NC(C)=O)nc(NC(C)=O)[nH]c2=O)s1)C(=O)OCC. The number of amides is 3. The molecule has 40 heavy (non-hydrogen) atoms. The molecule has 16 heteroatoms. The van der Waals surface area contributed by atoms with E-state index in [1.165, 1.54) is 26.3 Å². The van der Waals surface area contributed by atoms with E-state index < -0.39 is 41.3 Å². The van der Waals surface area contributed by atoms with E-state index in [0.29, 0.717) is 5.00 Å². The molecule has 0 bridgehead atoms. The van der Waals surface area contributed by atoms with Gasteiger partial charge >= 0.3 is 11.9 Å². The molecule has 3 amide bonds. The van der Waals surface area contributed by atoms with Crippen molar-refractivity contribution in [1.82, 2.24) is 20.3 Å². The van der Waals surface area contributed by atoms with Gasteiger partial charge in [0.2, 0.25) is 17.8 Å². The Hall–Kier alpha value is -4.47. The van der Waals surface area contributed by atoms with Gasteiger partial charge in [0.05, 0.1) is 25.0 Å². The van der Waals surface area contributed by atoms with Gasteiger partial charge in [0, 0.05) is 26.5 Å². The van der Waals surface area contributed by atoms with Crippen LogP contribution in [0.5, 0.6) is 0 Å². The van der Waals surface area contributed by atoms with Crippen molar-refractivity contribution in [3.63, 3.8) is 0 Å². The molecule has 0 spiro atoms. The number of nitrogens with one attached hydrogen (secondary N) is 4. The molecule has 2 aromatic heterocycles. The second-order valence-corrected chi connectivity index (χ2v) is 9.09. The minimum atomic E-state index is -1.06. The predicted octanol–water partition coefficient (Wildman–Crippen LogP) is 1.48. The van der Waals surface area contributed by atoms with E-state index in [1.54, 1.807) is 13.8 Å². The number of H-pyrrole nitrogens is 1. The standard InChI is InChI=1S/C24H31N7O8S/c1-5-38-18(34)10-9-16(23(37)39-6-2)29-21(36)22-26-12-17(40-22)25-11-7-8-15-19(27-13(3)32)30-24(28-14(4)33)31-20(15)35/h11-12,16H,5-10H2,1-4H3,(H,29,36)(H3,27,28,30,31,32,33,35)/b25-11+/t16-/m0/s1. The maximum absolute atomic E-state index is 12.7. The third-order valence-corrected chi connectivity index (χ3v) is 5.76. The molecule has 2 heterocycles.